The minimum atomic E-state index is -0.0288. The summed E-state index contributed by atoms with van der Waals surface area (Å²) in [7, 11) is 0. The molecule has 0 spiro atoms. The Morgan fingerprint density at radius 1 is 1.43 bits per heavy atom. The highest BCUT2D eigenvalue weighted by molar-refractivity contribution is 6.32. The Bertz CT molecular complexity index is 587. The third kappa shape index (κ3) is 3.14. The first-order valence-corrected chi connectivity index (χ1v) is 7.19. The van der Waals surface area contributed by atoms with Gasteiger partial charge in [-0.05, 0) is 30.7 Å². The molecule has 0 radical (unpaired) electrons. The Kier molecular flexibility index (Phi) is 4.03. The van der Waals surface area contributed by atoms with Gasteiger partial charge in [0.1, 0.15) is 0 Å². The van der Waals surface area contributed by atoms with Gasteiger partial charge in [-0.25, -0.2) is 0 Å². The van der Waals surface area contributed by atoms with E-state index < -0.39 is 0 Å². The first-order chi connectivity index (χ1) is 10.1. The molecule has 0 bridgehead atoms. The fourth-order valence-electron chi connectivity index (χ4n) is 2.38. The first kappa shape index (κ1) is 14.2. The highest BCUT2D eigenvalue weighted by Gasteiger charge is 2.20. The molecular weight excluding hydrogens is 294 g/mol. The summed E-state index contributed by atoms with van der Waals surface area (Å²) in [6.07, 6.45) is 3.36. The lowest BCUT2D eigenvalue weighted by Gasteiger charge is -2.30. The first-order valence-electron chi connectivity index (χ1n) is 6.81. The van der Waals surface area contributed by atoms with Gasteiger partial charge in [0, 0.05) is 19.2 Å². The van der Waals surface area contributed by atoms with Crippen LogP contribution in [-0.4, -0.2) is 43.4 Å². The summed E-state index contributed by atoms with van der Waals surface area (Å²) in [5, 5.41) is 0.483. The molecule has 112 valence electrons. The molecule has 1 saturated heterocycles. The van der Waals surface area contributed by atoms with E-state index in [1.54, 1.807) is 29.2 Å². The van der Waals surface area contributed by atoms with Gasteiger partial charge < -0.3 is 19.1 Å². The molecule has 1 unspecified atom stereocenters. The van der Waals surface area contributed by atoms with Gasteiger partial charge in [0.2, 0.25) is 12.7 Å². The summed E-state index contributed by atoms with van der Waals surface area (Å²) in [5.74, 6) is 1.13. The van der Waals surface area contributed by atoms with E-state index in [4.69, 9.17) is 25.8 Å². The quantitative estimate of drug-likeness (QED) is 0.787. The smallest absolute Gasteiger partial charge is 0.246 e. The van der Waals surface area contributed by atoms with Crippen molar-refractivity contribution in [1.29, 1.82) is 0 Å². The van der Waals surface area contributed by atoms with E-state index in [9.17, 15) is 4.79 Å². The molecule has 0 aliphatic carbocycles. The number of hydrogen-bond donors (Lipinski definition) is 0. The largest absolute Gasteiger partial charge is 0.454 e. The van der Waals surface area contributed by atoms with Crippen molar-refractivity contribution in [2.24, 2.45) is 0 Å². The van der Waals surface area contributed by atoms with Crippen LogP contribution >= 0.6 is 11.6 Å². The predicted molar refractivity (Wildman–Crippen MR) is 78.6 cm³/mol. The van der Waals surface area contributed by atoms with Crippen LogP contribution < -0.4 is 9.47 Å². The van der Waals surface area contributed by atoms with Crippen molar-refractivity contribution in [3.63, 3.8) is 0 Å². The number of carbonyl (C=O) groups excluding carboxylic acids is 1. The van der Waals surface area contributed by atoms with Crippen LogP contribution in [0.3, 0.4) is 0 Å². The molecule has 2 heterocycles. The lowest BCUT2D eigenvalue weighted by molar-refractivity contribution is -0.132. The predicted octanol–water partition coefficient (Wildman–Crippen LogP) is 2.33. The molecule has 6 heteroatoms. The molecule has 0 aromatic heterocycles. The maximum absolute atomic E-state index is 12.1. The number of nitrogens with zero attached hydrogens (tertiary/aromatic N) is 1. The summed E-state index contributed by atoms with van der Waals surface area (Å²) in [4.78, 5) is 13.9. The summed E-state index contributed by atoms with van der Waals surface area (Å²) >= 11 is 6.11. The highest BCUT2D eigenvalue weighted by Crippen LogP contribution is 2.40. The van der Waals surface area contributed by atoms with Gasteiger partial charge in [0.25, 0.3) is 0 Å². The second-order valence-corrected chi connectivity index (χ2v) is 5.44. The molecule has 5 nitrogen and oxygen atoms in total. The number of carbonyl (C=O) groups is 1. The van der Waals surface area contributed by atoms with Gasteiger partial charge in [-0.2, -0.15) is 0 Å². The molecule has 1 aromatic rings. The summed E-state index contributed by atoms with van der Waals surface area (Å²) in [6, 6.07) is 3.56. The Morgan fingerprint density at radius 3 is 3.10 bits per heavy atom. The Labute approximate surface area is 128 Å². The average molecular weight is 310 g/mol. The van der Waals surface area contributed by atoms with Crippen molar-refractivity contribution < 1.29 is 19.0 Å². The lowest BCUT2D eigenvalue weighted by atomic mass is 10.2. The molecule has 1 atom stereocenters. The van der Waals surface area contributed by atoms with E-state index in [0.29, 0.717) is 36.2 Å². The van der Waals surface area contributed by atoms with Crippen molar-refractivity contribution in [3.05, 3.63) is 28.8 Å². The normalized spacial score (nSPS) is 21.0. The van der Waals surface area contributed by atoms with Crippen LogP contribution in [-0.2, 0) is 9.53 Å². The number of rotatable bonds is 2. The molecule has 1 fully saturated rings. The van der Waals surface area contributed by atoms with E-state index in [1.807, 2.05) is 6.92 Å². The highest BCUT2D eigenvalue weighted by atomic mass is 35.5. The number of hydrogen-bond acceptors (Lipinski definition) is 4. The van der Waals surface area contributed by atoms with Gasteiger partial charge in [-0.1, -0.05) is 11.6 Å². The fraction of sp³-hybridized carbons (Fsp3) is 0.400. The maximum Gasteiger partial charge on any atom is 0.246 e. The summed E-state index contributed by atoms with van der Waals surface area (Å²) in [6.45, 7) is 3.95. The summed E-state index contributed by atoms with van der Waals surface area (Å²) < 4.78 is 16.0. The number of ether oxygens (including phenoxy) is 3. The zero-order valence-electron chi connectivity index (χ0n) is 11.7. The van der Waals surface area contributed by atoms with Crippen LogP contribution in [0.25, 0.3) is 6.08 Å². The van der Waals surface area contributed by atoms with Crippen LogP contribution in [0.4, 0.5) is 0 Å². The number of amides is 1. The fourth-order valence-corrected chi connectivity index (χ4v) is 2.65. The maximum atomic E-state index is 12.1. The Hall–Kier alpha value is -1.72. The summed E-state index contributed by atoms with van der Waals surface area (Å²) in [5.41, 5.74) is 0.805. The van der Waals surface area contributed by atoms with Crippen LogP contribution in [0.1, 0.15) is 12.5 Å². The van der Waals surface area contributed by atoms with E-state index in [2.05, 4.69) is 0 Å². The van der Waals surface area contributed by atoms with Gasteiger partial charge in [-0.3, -0.25) is 4.79 Å². The van der Waals surface area contributed by atoms with Crippen molar-refractivity contribution in [1.82, 2.24) is 4.90 Å². The molecule has 2 aliphatic heterocycles. The van der Waals surface area contributed by atoms with Crippen molar-refractivity contribution in [2.75, 3.05) is 26.5 Å². The van der Waals surface area contributed by atoms with Crippen LogP contribution in [0, 0.1) is 0 Å². The average Bonchev–Trinajstić information content (AvgIpc) is 2.93. The van der Waals surface area contributed by atoms with Crippen LogP contribution in [0.2, 0.25) is 5.02 Å². The minimum Gasteiger partial charge on any atom is -0.454 e. The SMILES string of the molecule is CC1CN(C(=O)/C=C/c2cc(Cl)c3c(c2)OCO3)CCO1. The van der Waals surface area contributed by atoms with Crippen molar-refractivity contribution >= 4 is 23.6 Å². The molecule has 21 heavy (non-hydrogen) atoms. The monoisotopic (exact) mass is 309 g/mol. The van der Waals surface area contributed by atoms with E-state index in [-0.39, 0.29) is 18.8 Å². The molecular formula is C15H16ClNO4. The molecule has 2 aliphatic rings. The van der Waals surface area contributed by atoms with Crippen molar-refractivity contribution in [2.45, 2.75) is 13.0 Å². The van der Waals surface area contributed by atoms with Gasteiger partial charge in [0.05, 0.1) is 17.7 Å². The lowest BCUT2D eigenvalue weighted by Crippen LogP contribution is -2.43. The number of halogens is 1. The second-order valence-electron chi connectivity index (χ2n) is 5.04. The third-order valence-electron chi connectivity index (χ3n) is 3.42. The molecule has 1 aromatic carbocycles. The van der Waals surface area contributed by atoms with Crippen LogP contribution in [0.5, 0.6) is 11.5 Å². The second kappa shape index (κ2) is 5.95. The molecule has 3 rings (SSSR count). The van der Waals surface area contributed by atoms with Crippen molar-refractivity contribution in [3.8, 4) is 11.5 Å². The molecule has 0 N–H and O–H groups in total. The number of morpholine rings is 1. The van der Waals surface area contributed by atoms with E-state index in [0.717, 1.165) is 5.56 Å². The molecule has 0 saturated carbocycles. The zero-order valence-corrected chi connectivity index (χ0v) is 12.4. The van der Waals surface area contributed by atoms with Gasteiger partial charge in [-0.15, -0.1) is 0 Å². The Morgan fingerprint density at radius 2 is 2.29 bits per heavy atom. The minimum absolute atomic E-state index is 0.0288. The third-order valence-corrected chi connectivity index (χ3v) is 3.70. The topological polar surface area (TPSA) is 48.0 Å². The standard InChI is InChI=1S/C15H16ClNO4/c1-10-8-17(4-5-19-10)14(18)3-2-11-6-12(16)15-13(7-11)20-9-21-15/h2-3,6-7,10H,4-5,8-9H2,1H3/b3-2+. The van der Waals surface area contributed by atoms with E-state index in [1.165, 1.54) is 0 Å². The van der Waals surface area contributed by atoms with E-state index >= 15 is 0 Å². The number of benzene rings is 1. The Balaban J connectivity index is 1.71. The van der Waals surface area contributed by atoms with Gasteiger partial charge >= 0.3 is 0 Å². The molecule has 1 amide bonds. The zero-order chi connectivity index (χ0) is 14.8. The van der Waals surface area contributed by atoms with Gasteiger partial charge in [0.15, 0.2) is 11.5 Å². The van der Waals surface area contributed by atoms with Crippen LogP contribution in [0.15, 0.2) is 18.2 Å². The number of fused-ring (bicyclic) bond motifs is 1.